The van der Waals surface area contributed by atoms with E-state index in [0.717, 1.165) is 37.1 Å². The Labute approximate surface area is 115 Å². The zero-order valence-corrected chi connectivity index (χ0v) is 12.2. The summed E-state index contributed by atoms with van der Waals surface area (Å²) in [5.41, 5.74) is 8.65. The van der Waals surface area contributed by atoms with Crippen LogP contribution in [0, 0.1) is 12.3 Å². The molecule has 0 bridgehead atoms. The highest BCUT2D eigenvalue weighted by molar-refractivity contribution is 5.95. The number of amides is 1. The number of nitrogens with zero attached hydrogens (tertiary/aromatic N) is 1. The molecule has 2 N–H and O–H groups in total. The second-order valence-corrected chi connectivity index (χ2v) is 6.09. The molecule has 1 heterocycles. The first-order valence-corrected chi connectivity index (χ1v) is 7.10. The lowest BCUT2D eigenvalue weighted by Gasteiger charge is -2.39. The highest BCUT2D eigenvalue weighted by atomic mass is 16.2. The summed E-state index contributed by atoms with van der Waals surface area (Å²) in [7, 11) is 0. The van der Waals surface area contributed by atoms with E-state index in [9.17, 15) is 4.79 Å². The van der Waals surface area contributed by atoms with Crippen LogP contribution in [-0.4, -0.2) is 23.9 Å². The number of likely N-dealkylation sites (tertiary alicyclic amines) is 1. The lowest BCUT2D eigenvalue weighted by Crippen LogP contribution is -2.42. The molecule has 1 amide bonds. The molecule has 1 aliphatic heterocycles. The summed E-state index contributed by atoms with van der Waals surface area (Å²) in [6, 6.07) is 5.59. The Morgan fingerprint density at radius 2 is 1.95 bits per heavy atom. The van der Waals surface area contributed by atoms with E-state index in [4.69, 9.17) is 5.73 Å². The van der Waals surface area contributed by atoms with Crippen molar-refractivity contribution in [3.05, 3.63) is 29.3 Å². The van der Waals surface area contributed by atoms with Gasteiger partial charge in [0, 0.05) is 24.3 Å². The smallest absolute Gasteiger partial charge is 0.253 e. The number of piperidine rings is 1. The van der Waals surface area contributed by atoms with Crippen molar-refractivity contribution >= 4 is 11.6 Å². The van der Waals surface area contributed by atoms with Gasteiger partial charge in [-0.2, -0.15) is 0 Å². The summed E-state index contributed by atoms with van der Waals surface area (Å²) in [6.45, 7) is 8.24. The number of carbonyl (C=O) groups is 1. The van der Waals surface area contributed by atoms with E-state index in [2.05, 4.69) is 13.8 Å². The van der Waals surface area contributed by atoms with Gasteiger partial charge in [-0.1, -0.05) is 20.3 Å². The fourth-order valence-corrected chi connectivity index (χ4v) is 2.72. The molecule has 0 saturated carbocycles. The van der Waals surface area contributed by atoms with Crippen molar-refractivity contribution < 1.29 is 4.79 Å². The Morgan fingerprint density at radius 3 is 2.47 bits per heavy atom. The van der Waals surface area contributed by atoms with Gasteiger partial charge in [0.1, 0.15) is 0 Å². The van der Waals surface area contributed by atoms with Gasteiger partial charge in [0.05, 0.1) is 0 Å². The van der Waals surface area contributed by atoms with Crippen molar-refractivity contribution in [3.63, 3.8) is 0 Å². The van der Waals surface area contributed by atoms with Crippen LogP contribution in [0.4, 0.5) is 5.69 Å². The van der Waals surface area contributed by atoms with Crippen LogP contribution in [0.2, 0.25) is 0 Å². The molecule has 1 fully saturated rings. The summed E-state index contributed by atoms with van der Waals surface area (Å²) in [5, 5.41) is 0. The van der Waals surface area contributed by atoms with Crippen LogP contribution in [0.15, 0.2) is 18.2 Å². The number of benzene rings is 1. The van der Waals surface area contributed by atoms with E-state index >= 15 is 0 Å². The summed E-state index contributed by atoms with van der Waals surface area (Å²) >= 11 is 0. The number of carbonyl (C=O) groups excluding carboxylic acids is 1. The van der Waals surface area contributed by atoms with E-state index in [0.29, 0.717) is 11.1 Å². The number of rotatable bonds is 2. The second-order valence-electron chi connectivity index (χ2n) is 6.09. The molecule has 0 spiro atoms. The van der Waals surface area contributed by atoms with Crippen molar-refractivity contribution in [2.45, 2.75) is 40.0 Å². The van der Waals surface area contributed by atoms with Gasteiger partial charge in [-0.05, 0) is 48.9 Å². The number of nitrogens with two attached hydrogens (primary N) is 1. The molecule has 1 aromatic carbocycles. The van der Waals surface area contributed by atoms with Gasteiger partial charge in [-0.15, -0.1) is 0 Å². The lowest BCUT2D eigenvalue weighted by atomic mass is 9.78. The highest BCUT2D eigenvalue weighted by Gasteiger charge is 2.30. The van der Waals surface area contributed by atoms with Crippen LogP contribution in [0.1, 0.15) is 49.0 Å². The molecule has 3 heteroatoms. The van der Waals surface area contributed by atoms with Gasteiger partial charge in [0.15, 0.2) is 0 Å². The van der Waals surface area contributed by atoms with Crippen LogP contribution in [0.3, 0.4) is 0 Å². The standard InChI is InChI=1S/C16H24N2O/c1-4-16(3)5-7-18(8-6-16)15(19)13-9-12(2)10-14(17)11-13/h9-11H,4-8,17H2,1-3H3. The largest absolute Gasteiger partial charge is 0.399 e. The van der Waals surface area contributed by atoms with E-state index < -0.39 is 0 Å². The van der Waals surface area contributed by atoms with E-state index in [1.54, 1.807) is 6.07 Å². The van der Waals surface area contributed by atoms with Gasteiger partial charge in [0.25, 0.3) is 5.91 Å². The molecule has 1 saturated heterocycles. The summed E-state index contributed by atoms with van der Waals surface area (Å²) in [4.78, 5) is 14.4. The third-order valence-electron chi connectivity index (χ3n) is 4.46. The molecule has 19 heavy (non-hydrogen) atoms. The van der Waals surface area contributed by atoms with Crippen molar-refractivity contribution in [1.29, 1.82) is 0 Å². The maximum absolute atomic E-state index is 12.5. The third-order valence-corrected chi connectivity index (χ3v) is 4.46. The number of nitrogen functional groups attached to an aromatic ring is 1. The Kier molecular flexibility index (Phi) is 3.83. The zero-order valence-electron chi connectivity index (χ0n) is 12.2. The average Bonchev–Trinajstić information content (AvgIpc) is 2.38. The van der Waals surface area contributed by atoms with E-state index in [-0.39, 0.29) is 5.91 Å². The molecule has 1 aromatic rings. The van der Waals surface area contributed by atoms with Crippen molar-refractivity contribution in [3.8, 4) is 0 Å². The third kappa shape index (κ3) is 3.09. The Hall–Kier alpha value is -1.51. The van der Waals surface area contributed by atoms with Crippen LogP contribution < -0.4 is 5.73 Å². The molecule has 0 atom stereocenters. The summed E-state index contributed by atoms with van der Waals surface area (Å²) in [5.74, 6) is 0.119. The SMILES string of the molecule is CCC1(C)CCN(C(=O)c2cc(C)cc(N)c2)CC1. The first-order valence-electron chi connectivity index (χ1n) is 7.10. The predicted molar refractivity (Wildman–Crippen MR) is 79.1 cm³/mol. The molecular weight excluding hydrogens is 236 g/mol. The molecule has 0 aromatic heterocycles. The Balaban J connectivity index is 2.09. The highest BCUT2D eigenvalue weighted by Crippen LogP contribution is 2.34. The van der Waals surface area contributed by atoms with Gasteiger partial charge < -0.3 is 10.6 Å². The number of hydrogen-bond acceptors (Lipinski definition) is 2. The second kappa shape index (κ2) is 5.24. The molecule has 0 radical (unpaired) electrons. The predicted octanol–water partition coefficient (Wildman–Crippen LogP) is 3.23. The molecule has 2 rings (SSSR count). The lowest BCUT2D eigenvalue weighted by molar-refractivity contribution is 0.0600. The fraction of sp³-hybridized carbons (Fsp3) is 0.562. The van der Waals surface area contributed by atoms with Crippen molar-refractivity contribution in [2.24, 2.45) is 5.41 Å². The fourth-order valence-electron chi connectivity index (χ4n) is 2.72. The van der Waals surface area contributed by atoms with Crippen LogP contribution >= 0.6 is 0 Å². The van der Waals surface area contributed by atoms with E-state index in [1.165, 1.54) is 6.42 Å². The maximum atomic E-state index is 12.5. The number of anilines is 1. The quantitative estimate of drug-likeness (QED) is 0.830. The molecule has 104 valence electrons. The number of hydrogen-bond donors (Lipinski definition) is 1. The molecule has 3 nitrogen and oxygen atoms in total. The van der Waals surface area contributed by atoms with Gasteiger partial charge in [0.2, 0.25) is 0 Å². The van der Waals surface area contributed by atoms with Crippen LogP contribution in [-0.2, 0) is 0 Å². The van der Waals surface area contributed by atoms with E-state index in [1.807, 2.05) is 24.0 Å². The van der Waals surface area contributed by atoms with Crippen molar-refractivity contribution in [2.75, 3.05) is 18.8 Å². The molecule has 0 aliphatic carbocycles. The van der Waals surface area contributed by atoms with Crippen molar-refractivity contribution in [1.82, 2.24) is 4.90 Å². The minimum Gasteiger partial charge on any atom is -0.399 e. The van der Waals surface area contributed by atoms with Gasteiger partial charge in [-0.3, -0.25) is 4.79 Å². The zero-order chi connectivity index (χ0) is 14.0. The first-order chi connectivity index (χ1) is 8.93. The van der Waals surface area contributed by atoms with Gasteiger partial charge >= 0.3 is 0 Å². The number of aryl methyl sites for hydroxylation is 1. The molecule has 0 unspecified atom stereocenters. The topological polar surface area (TPSA) is 46.3 Å². The maximum Gasteiger partial charge on any atom is 0.253 e. The minimum atomic E-state index is 0.119. The Morgan fingerprint density at radius 1 is 1.32 bits per heavy atom. The normalized spacial score (nSPS) is 18.4. The molecular formula is C16H24N2O. The van der Waals surface area contributed by atoms with Crippen LogP contribution in [0.5, 0.6) is 0 Å². The van der Waals surface area contributed by atoms with Gasteiger partial charge in [-0.25, -0.2) is 0 Å². The summed E-state index contributed by atoms with van der Waals surface area (Å²) in [6.07, 6.45) is 3.37. The monoisotopic (exact) mass is 260 g/mol. The Bertz CT molecular complexity index is 453. The molecule has 1 aliphatic rings. The van der Waals surface area contributed by atoms with Crippen LogP contribution in [0.25, 0.3) is 0 Å². The minimum absolute atomic E-state index is 0.119. The average molecular weight is 260 g/mol. The summed E-state index contributed by atoms with van der Waals surface area (Å²) < 4.78 is 0. The first kappa shape index (κ1) is 13.9.